The molecule has 1 amide bonds. The molecular weight excluding hydrogens is 642 g/mol. The highest BCUT2D eigenvalue weighted by atomic mass is 16.7. The van der Waals surface area contributed by atoms with E-state index < -0.39 is 85.1 Å². The topological polar surface area (TPSA) is 243 Å². The standard InChI is InChI=1S/C30H37N3O15/c1-6-41-28(39)23(12-9-21(38)13-32-31)33-30(40)43-14-20-7-10-22(11-8-20)47-29-27(46-19(5)37)26(45-18(4)36)25(44-17(3)35)24(48-29)15-42-16(2)34/h7-8,10-11,13,23-27,29,31H,6,9,12,14-15H2,1-5H3/p+1/t23-,24+,25+,26-,27+,29+/m0/s1. The first-order chi connectivity index (χ1) is 22.7. The van der Waals surface area contributed by atoms with Crippen molar-refractivity contribution in [3.05, 3.63) is 29.8 Å². The number of rotatable bonds is 16. The van der Waals surface area contributed by atoms with Crippen molar-refractivity contribution in [3.8, 4) is 5.75 Å². The van der Waals surface area contributed by atoms with Crippen molar-refractivity contribution in [2.75, 3.05) is 13.2 Å². The van der Waals surface area contributed by atoms with E-state index in [0.717, 1.165) is 33.9 Å². The number of nitrogens with zero attached hydrogens (tertiary/aromatic N) is 1. The molecule has 0 saturated carbocycles. The molecule has 18 nitrogen and oxygen atoms in total. The van der Waals surface area contributed by atoms with Crippen LogP contribution < -0.4 is 10.1 Å². The monoisotopic (exact) mass is 680 g/mol. The summed E-state index contributed by atoms with van der Waals surface area (Å²) in [5, 5.41) is 2.35. The normalized spacial score (nSPS) is 20.4. The lowest BCUT2D eigenvalue weighted by molar-refractivity contribution is -0.288. The molecule has 2 N–H and O–H groups in total. The van der Waals surface area contributed by atoms with E-state index in [0.29, 0.717) is 5.56 Å². The lowest BCUT2D eigenvalue weighted by Crippen LogP contribution is -2.63. The molecule has 1 saturated heterocycles. The van der Waals surface area contributed by atoms with Crippen LogP contribution >= 0.6 is 0 Å². The Kier molecular flexibility index (Phi) is 15.6. The Hall–Kier alpha value is -5.35. The van der Waals surface area contributed by atoms with Crippen LogP contribution in [0.25, 0.3) is 0 Å². The number of carbonyl (C=O) groups excluding carboxylic acids is 7. The van der Waals surface area contributed by atoms with E-state index in [2.05, 4.69) is 10.1 Å². The van der Waals surface area contributed by atoms with Gasteiger partial charge in [0.1, 0.15) is 31.1 Å². The van der Waals surface area contributed by atoms with Gasteiger partial charge in [-0.25, -0.2) is 9.59 Å². The summed E-state index contributed by atoms with van der Waals surface area (Å²) < 4.78 is 43.1. The maximum atomic E-state index is 12.4. The Morgan fingerprint density at radius 3 is 2.02 bits per heavy atom. The SMILES string of the molecule is CCOC(=O)[C@H](CCC(=O)C=[N+]=N)NC(=O)OCc1ccc(O[C@@H]2O[C@H](COC(C)=O)[C@@H](OC(C)=O)[C@H](OC(C)=O)[C@H]2OC(C)=O)cc1. The second-order valence-corrected chi connectivity index (χ2v) is 10.1. The molecule has 0 spiro atoms. The van der Waals surface area contributed by atoms with Crippen LogP contribution in [-0.4, -0.2) is 103 Å². The summed E-state index contributed by atoms with van der Waals surface area (Å²) in [6, 6.07) is 4.79. The second kappa shape index (κ2) is 19.3. The average Bonchev–Trinajstić information content (AvgIpc) is 3.00. The number of ether oxygens (including phenoxy) is 8. The molecule has 1 aliphatic rings. The maximum Gasteiger partial charge on any atom is 0.408 e. The Labute approximate surface area is 274 Å². The van der Waals surface area contributed by atoms with Crippen molar-refractivity contribution >= 4 is 47.9 Å². The third kappa shape index (κ3) is 13.2. The van der Waals surface area contributed by atoms with Gasteiger partial charge in [-0.15, -0.1) is 0 Å². The molecule has 6 atom stereocenters. The highest BCUT2D eigenvalue weighted by Gasteiger charge is 2.53. The van der Waals surface area contributed by atoms with E-state index in [1.54, 1.807) is 6.92 Å². The number of Topliss-reactive ketones (excluding diaryl/α,β-unsaturated/α-hetero) is 1. The van der Waals surface area contributed by atoms with E-state index in [1.165, 1.54) is 24.3 Å². The summed E-state index contributed by atoms with van der Waals surface area (Å²) in [6.45, 7) is 5.39. The fourth-order valence-electron chi connectivity index (χ4n) is 4.33. The highest BCUT2D eigenvalue weighted by molar-refractivity contribution is 6.25. The van der Waals surface area contributed by atoms with E-state index in [-0.39, 0.29) is 31.8 Å². The van der Waals surface area contributed by atoms with E-state index >= 15 is 0 Å². The van der Waals surface area contributed by atoms with E-state index in [4.69, 9.17) is 43.4 Å². The lowest BCUT2D eigenvalue weighted by Gasteiger charge is -2.43. The number of alkyl carbamates (subject to hydrolysis) is 1. The first-order valence-electron chi connectivity index (χ1n) is 14.6. The first-order valence-corrected chi connectivity index (χ1v) is 14.6. The Morgan fingerprint density at radius 1 is 0.854 bits per heavy atom. The molecule has 1 fully saturated rings. The van der Waals surface area contributed by atoms with Crippen molar-refractivity contribution in [1.29, 1.82) is 5.53 Å². The van der Waals surface area contributed by atoms with Crippen molar-refractivity contribution in [1.82, 2.24) is 5.32 Å². The van der Waals surface area contributed by atoms with Gasteiger partial charge in [-0.05, 0) is 31.0 Å². The Morgan fingerprint density at radius 2 is 1.46 bits per heavy atom. The van der Waals surface area contributed by atoms with Gasteiger partial charge in [0.15, 0.2) is 12.2 Å². The summed E-state index contributed by atoms with van der Waals surface area (Å²) >= 11 is 0. The van der Waals surface area contributed by atoms with E-state index in [9.17, 15) is 33.6 Å². The molecule has 48 heavy (non-hydrogen) atoms. The molecule has 1 heterocycles. The third-order valence-electron chi connectivity index (χ3n) is 6.24. The molecule has 1 aromatic rings. The minimum atomic E-state index is -1.45. The fraction of sp³-hybridized carbons (Fsp3) is 0.533. The predicted octanol–water partition coefficient (Wildman–Crippen LogP) is 0.966. The number of ketones is 1. The van der Waals surface area contributed by atoms with Gasteiger partial charge >= 0.3 is 42.2 Å². The van der Waals surface area contributed by atoms with Crippen molar-refractivity contribution in [2.45, 2.75) is 90.8 Å². The zero-order chi connectivity index (χ0) is 35.8. The van der Waals surface area contributed by atoms with Crippen LogP contribution in [0.4, 0.5) is 4.79 Å². The predicted molar refractivity (Wildman–Crippen MR) is 156 cm³/mol. The number of carbonyl (C=O) groups is 7. The highest BCUT2D eigenvalue weighted by Crippen LogP contribution is 2.31. The van der Waals surface area contributed by atoms with Crippen molar-refractivity contribution < 1.29 is 76.2 Å². The van der Waals surface area contributed by atoms with Crippen LogP contribution in [0.5, 0.6) is 5.75 Å². The fourth-order valence-corrected chi connectivity index (χ4v) is 4.33. The van der Waals surface area contributed by atoms with Gasteiger partial charge in [-0.1, -0.05) is 12.1 Å². The van der Waals surface area contributed by atoms with Gasteiger partial charge in [0, 0.05) is 34.1 Å². The van der Waals surface area contributed by atoms with Gasteiger partial charge < -0.3 is 43.2 Å². The summed E-state index contributed by atoms with van der Waals surface area (Å²) in [7, 11) is 0. The van der Waals surface area contributed by atoms with Gasteiger partial charge in [-0.3, -0.25) is 24.0 Å². The molecular formula is C30H38N3O15+. The van der Waals surface area contributed by atoms with Crippen LogP contribution in [0.2, 0.25) is 0 Å². The molecule has 0 aliphatic carbocycles. The summed E-state index contributed by atoms with van der Waals surface area (Å²) in [4.78, 5) is 86.6. The maximum absolute atomic E-state index is 12.4. The molecule has 262 valence electrons. The summed E-state index contributed by atoms with van der Waals surface area (Å²) in [5.74, 6) is -4.16. The van der Waals surface area contributed by atoms with Crippen LogP contribution in [0.15, 0.2) is 24.3 Å². The number of esters is 5. The van der Waals surface area contributed by atoms with Gasteiger partial charge in [-0.2, -0.15) is 0 Å². The quantitative estimate of drug-likeness (QED) is 0.0812. The molecule has 18 heteroatoms. The molecule has 1 aromatic carbocycles. The number of hydrogen-bond donors (Lipinski definition) is 2. The van der Waals surface area contributed by atoms with Crippen LogP contribution in [0.3, 0.4) is 0 Å². The Balaban J connectivity index is 2.18. The van der Waals surface area contributed by atoms with E-state index in [1.807, 2.05) is 0 Å². The van der Waals surface area contributed by atoms with Crippen molar-refractivity contribution in [2.24, 2.45) is 0 Å². The molecule has 0 bridgehead atoms. The molecule has 0 radical (unpaired) electrons. The van der Waals surface area contributed by atoms with Gasteiger partial charge in [0.05, 0.1) is 16.9 Å². The molecule has 0 aromatic heterocycles. The van der Waals surface area contributed by atoms with Crippen LogP contribution in [0.1, 0.15) is 53.0 Å². The van der Waals surface area contributed by atoms with Gasteiger partial charge in [0.25, 0.3) is 0 Å². The first kappa shape index (κ1) is 38.8. The van der Waals surface area contributed by atoms with Crippen molar-refractivity contribution in [3.63, 3.8) is 0 Å². The molecule has 1 aliphatic heterocycles. The zero-order valence-electron chi connectivity index (χ0n) is 27.0. The number of benzene rings is 1. The number of nitrogens with one attached hydrogen (secondary N) is 2. The second-order valence-electron chi connectivity index (χ2n) is 10.1. The minimum absolute atomic E-state index is 0.0418. The average molecular weight is 681 g/mol. The summed E-state index contributed by atoms with van der Waals surface area (Å²) in [5.41, 5.74) is 7.19. The lowest BCUT2D eigenvalue weighted by atomic mass is 9.98. The minimum Gasteiger partial charge on any atom is -0.464 e. The summed E-state index contributed by atoms with van der Waals surface area (Å²) in [6.07, 6.45) is -7.30. The third-order valence-corrected chi connectivity index (χ3v) is 6.24. The van der Waals surface area contributed by atoms with Crippen LogP contribution in [-0.2, 0) is 68.5 Å². The largest absolute Gasteiger partial charge is 0.464 e. The van der Waals surface area contributed by atoms with Gasteiger partial charge in [0.2, 0.25) is 18.2 Å². The molecule has 0 unspecified atom stereocenters. The number of amides is 1. The number of hydrogen-bond acceptors (Lipinski definition) is 16. The van der Waals surface area contributed by atoms with Crippen LogP contribution in [0, 0.1) is 5.53 Å². The smallest absolute Gasteiger partial charge is 0.408 e. The zero-order valence-corrected chi connectivity index (χ0v) is 27.0. The Bertz CT molecular complexity index is 1380. The molecule has 2 rings (SSSR count).